The fraction of sp³-hybridized carbons (Fsp3) is 0.917. The first-order chi connectivity index (χ1) is 8.20. The highest BCUT2D eigenvalue weighted by Crippen LogP contribution is 2.28. The van der Waals surface area contributed by atoms with E-state index in [9.17, 15) is 4.79 Å². The maximum atomic E-state index is 11.3. The quantitative estimate of drug-likeness (QED) is 0.565. The van der Waals surface area contributed by atoms with Crippen LogP contribution in [-0.4, -0.2) is 47.2 Å². The number of likely N-dealkylation sites (tertiary alicyclic amines) is 1. The second-order valence-corrected chi connectivity index (χ2v) is 6.99. The first-order valence-corrected chi connectivity index (χ1v) is 9.80. The molecule has 0 unspecified atom stereocenters. The average Bonchev–Trinajstić information content (AvgIpc) is 2.39. The van der Waals surface area contributed by atoms with Gasteiger partial charge in [0.15, 0.2) is 0 Å². The van der Waals surface area contributed by atoms with Crippen molar-refractivity contribution in [2.24, 2.45) is 5.92 Å². The molecule has 0 aromatic rings. The Kier molecular flexibility index (Phi) is 5.57. The topological polar surface area (TPSA) is 23.6 Å². The minimum absolute atomic E-state index is 0.344. The zero-order valence-electron chi connectivity index (χ0n) is 10.4. The second kappa shape index (κ2) is 6.73. The molecule has 3 nitrogen and oxygen atoms in total. The molecule has 17 heavy (non-hydrogen) atoms. The number of ketones is 1. The summed E-state index contributed by atoms with van der Waals surface area (Å²) in [5, 5.41) is 0. The maximum Gasteiger partial charge on any atom is 0.133 e. The van der Waals surface area contributed by atoms with Crippen LogP contribution in [0.1, 0.15) is 32.6 Å². The fourth-order valence-corrected chi connectivity index (χ4v) is 4.48. The molecule has 0 saturated carbocycles. The molecule has 2 aliphatic rings. The summed E-state index contributed by atoms with van der Waals surface area (Å²) in [5.41, 5.74) is 0. The predicted molar refractivity (Wildman–Crippen MR) is 81.2 cm³/mol. The molecule has 2 heterocycles. The van der Waals surface area contributed by atoms with Crippen LogP contribution in [0.3, 0.4) is 0 Å². The summed E-state index contributed by atoms with van der Waals surface area (Å²) in [7, 11) is 1.84. The molecule has 0 spiro atoms. The molecule has 98 valence electrons. The van der Waals surface area contributed by atoms with Crippen LogP contribution in [0, 0.1) is 5.92 Å². The SMILES string of the molecule is CC(=O)C1CCN(C2CCN(SI)CC2)CC1. The summed E-state index contributed by atoms with van der Waals surface area (Å²) in [4.78, 5) is 14.0. The predicted octanol–water partition coefficient (Wildman–Crippen LogP) is 2.75. The van der Waals surface area contributed by atoms with E-state index >= 15 is 0 Å². The zero-order valence-corrected chi connectivity index (χ0v) is 13.4. The summed E-state index contributed by atoms with van der Waals surface area (Å²) in [6.45, 7) is 6.44. The van der Waals surface area contributed by atoms with Gasteiger partial charge in [0, 0.05) is 46.3 Å². The van der Waals surface area contributed by atoms with Crippen molar-refractivity contribution in [3.05, 3.63) is 0 Å². The number of rotatable bonds is 3. The number of nitrogens with zero attached hydrogens (tertiary/aromatic N) is 2. The fourth-order valence-electron chi connectivity index (χ4n) is 2.95. The third-order valence-electron chi connectivity index (χ3n) is 4.14. The van der Waals surface area contributed by atoms with Gasteiger partial charge in [0.05, 0.1) is 0 Å². The number of hydrogen-bond donors (Lipinski definition) is 0. The van der Waals surface area contributed by atoms with Gasteiger partial charge in [-0.15, -0.1) is 0 Å². The van der Waals surface area contributed by atoms with Crippen molar-refractivity contribution < 1.29 is 4.79 Å². The van der Waals surface area contributed by atoms with Gasteiger partial charge < -0.3 is 4.90 Å². The Morgan fingerprint density at radius 3 is 2.18 bits per heavy atom. The van der Waals surface area contributed by atoms with Gasteiger partial charge in [-0.25, -0.2) is 4.31 Å². The smallest absolute Gasteiger partial charge is 0.133 e. The molecule has 0 aliphatic carbocycles. The van der Waals surface area contributed by atoms with E-state index in [4.69, 9.17) is 0 Å². The van der Waals surface area contributed by atoms with Crippen LogP contribution >= 0.6 is 30.3 Å². The Morgan fingerprint density at radius 2 is 1.71 bits per heavy atom. The van der Waals surface area contributed by atoms with Gasteiger partial charge in [0.2, 0.25) is 0 Å². The molecule has 5 heteroatoms. The molecule has 0 N–H and O–H groups in total. The largest absolute Gasteiger partial charge is 0.300 e. The second-order valence-electron chi connectivity index (χ2n) is 5.15. The Morgan fingerprint density at radius 1 is 1.12 bits per heavy atom. The lowest BCUT2D eigenvalue weighted by atomic mass is 9.91. The molecule has 0 aromatic heterocycles. The van der Waals surface area contributed by atoms with Gasteiger partial charge in [-0.05, 0) is 54.8 Å². The molecule has 2 rings (SSSR count). The highest BCUT2D eigenvalue weighted by Gasteiger charge is 2.29. The van der Waals surface area contributed by atoms with Crippen molar-refractivity contribution in [2.45, 2.75) is 38.6 Å². The van der Waals surface area contributed by atoms with Gasteiger partial charge in [-0.1, -0.05) is 0 Å². The highest BCUT2D eigenvalue weighted by molar-refractivity contribution is 14.2. The van der Waals surface area contributed by atoms with Crippen molar-refractivity contribution in [3.8, 4) is 0 Å². The van der Waals surface area contributed by atoms with E-state index in [2.05, 4.69) is 30.4 Å². The Labute approximate surface area is 120 Å². The van der Waals surface area contributed by atoms with Crippen LogP contribution in [0.15, 0.2) is 0 Å². The lowest BCUT2D eigenvalue weighted by molar-refractivity contribution is -0.122. The van der Waals surface area contributed by atoms with E-state index in [0.717, 1.165) is 32.0 Å². The molecule has 2 saturated heterocycles. The van der Waals surface area contributed by atoms with E-state index < -0.39 is 0 Å². The van der Waals surface area contributed by atoms with Crippen LogP contribution in [0.25, 0.3) is 0 Å². The molecular weight excluding hydrogens is 347 g/mol. The molecule has 2 fully saturated rings. The number of carbonyl (C=O) groups is 1. The van der Waals surface area contributed by atoms with E-state index in [1.807, 2.05) is 9.12 Å². The van der Waals surface area contributed by atoms with Gasteiger partial charge in [-0.2, -0.15) is 0 Å². The van der Waals surface area contributed by atoms with Gasteiger partial charge >= 0.3 is 0 Å². The van der Waals surface area contributed by atoms with Crippen molar-refractivity contribution in [1.82, 2.24) is 9.21 Å². The van der Waals surface area contributed by atoms with Crippen molar-refractivity contribution in [1.29, 1.82) is 0 Å². The Hall–Kier alpha value is 0.670. The summed E-state index contributed by atoms with van der Waals surface area (Å²) in [6, 6.07) is 0.766. The molecule has 0 atom stereocenters. The van der Waals surface area contributed by atoms with Gasteiger partial charge in [0.1, 0.15) is 5.78 Å². The van der Waals surface area contributed by atoms with Crippen LogP contribution in [0.2, 0.25) is 0 Å². The third-order valence-corrected chi connectivity index (χ3v) is 6.37. The molecule has 0 amide bonds. The minimum Gasteiger partial charge on any atom is -0.300 e. The number of Topliss-reactive ketones (excluding diaryl/α,β-unsaturated/α-hetero) is 1. The summed E-state index contributed by atoms with van der Waals surface area (Å²) in [6.07, 6.45) is 4.74. The van der Waals surface area contributed by atoms with Crippen LogP contribution in [-0.2, 0) is 4.79 Å². The summed E-state index contributed by atoms with van der Waals surface area (Å²) >= 11 is 2.37. The number of hydrogen-bond acceptors (Lipinski definition) is 4. The summed E-state index contributed by atoms with van der Waals surface area (Å²) in [5.74, 6) is 0.733. The molecule has 0 radical (unpaired) electrons. The number of piperidine rings is 2. The molecule has 2 aliphatic heterocycles. The standard InChI is InChI=1S/C12H21IN2OS/c1-10(16)11-2-6-14(7-3-11)12-4-8-15(17-13)9-5-12/h11-12H,2-9H2,1H3. The Bertz CT molecular complexity index is 261. The van der Waals surface area contributed by atoms with Crippen LogP contribution in [0.4, 0.5) is 0 Å². The summed E-state index contributed by atoms with van der Waals surface area (Å²) < 4.78 is 2.44. The zero-order chi connectivity index (χ0) is 12.3. The van der Waals surface area contributed by atoms with E-state index in [-0.39, 0.29) is 0 Å². The van der Waals surface area contributed by atoms with Crippen LogP contribution in [0.5, 0.6) is 0 Å². The van der Waals surface area contributed by atoms with Gasteiger partial charge in [-0.3, -0.25) is 4.79 Å². The average molecular weight is 368 g/mol. The van der Waals surface area contributed by atoms with E-state index in [1.54, 1.807) is 6.92 Å². The van der Waals surface area contributed by atoms with Crippen molar-refractivity contribution in [2.75, 3.05) is 26.2 Å². The molecule has 0 aromatic carbocycles. The molecule has 0 bridgehead atoms. The lowest BCUT2D eigenvalue weighted by Crippen LogP contribution is -2.46. The monoisotopic (exact) mass is 368 g/mol. The first-order valence-electron chi connectivity index (χ1n) is 6.49. The number of carbonyl (C=O) groups excluding carboxylic acids is 1. The third kappa shape index (κ3) is 3.81. The first kappa shape index (κ1) is 14.1. The molecular formula is C12H21IN2OS. The van der Waals surface area contributed by atoms with Crippen molar-refractivity contribution >= 4 is 36.1 Å². The Balaban J connectivity index is 1.76. The maximum absolute atomic E-state index is 11.3. The van der Waals surface area contributed by atoms with Gasteiger partial charge in [0.25, 0.3) is 0 Å². The van der Waals surface area contributed by atoms with E-state index in [1.165, 1.54) is 25.9 Å². The normalized spacial score (nSPS) is 26.2. The minimum atomic E-state index is 0.344. The number of halogens is 1. The lowest BCUT2D eigenvalue weighted by Gasteiger charge is -2.40. The van der Waals surface area contributed by atoms with Crippen LogP contribution < -0.4 is 0 Å². The van der Waals surface area contributed by atoms with Crippen molar-refractivity contribution in [3.63, 3.8) is 0 Å². The van der Waals surface area contributed by atoms with E-state index in [0.29, 0.717) is 11.7 Å². The highest BCUT2D eigenvalue weighted by atomic mass is 127.